The van der Waals surface area contributed by atoms with Crippen molar-refractivity contribution < 1.29 is 4.21 Å². The minimum Gasteiger partial charge on any atom is -0.398 e. The number of nitrogen functional groups attached to an aromatic ring is 1. The summed E-state index contributed by atoms with van der Waals surface area (Å²) in [6.07, 6.45) is 0. The van der Waals surface area contributed by atoms with Crippen LogP contribution in [-0.2, 0) is 22.0 Å². The zero-order valence-corrected chi connectivity index (χ0v) is 14.0. The van der Waals surface area contributed by atoms with Crippen LogP contribution in [0, 0.1) is 6.92 Å². The monoisotopic (exact) mass is 301 g/mol. The first kappa shape index (κ1) is 15.8. The number of hydrogen-bond acceptors (Lipinski definition) is 2. The first-order valence-corrected chi connectivity index (χ1v) is 8.44. The van der Waals surface area contributed by atoms with Crippen molar-refractivity contribution in [3.8, 4) is 0 Å². The summed E-state index contributed by atoms with van der Waals surface area (Å²) in [5.74, 6) is 0.498. The van der Waals surface area contributed by atoms with E-state index in [4.69, 9.17) is 5.73 Å². The Kier molecular flexibility index (Phi) is 4.52. The van der Waals surface area contributed by atoms with Crippen molar-refractivity contribution in [1.29, 1.82) is 0 Å². The molecule has 0 saturated heterocycles. The topological polar surface area (TPSA) is 43.1 Å². The van der Waals surface area contributed by atoms with Gasteiger partial charge in [-0.15, -0.1) is 0 Å². The van der Waals surface area contributed by atoms with Gasteiger partial charge in [-0.2, -0.15) is 0 Å². The van der Waals surface area contributed by atoms with Crippen LogP contribution in [0.25, 0.3) is 0 Å². The van der Waals surface area contributed by atoms with E-state index in [1.165, 1.54) is 5.56 Å². The van der Waals surface area contributed by atoms with E-state index in [9.17, 15) is 4.21 Å². The van der Waals surface area contributed by atoms with Crippen molar-refractivity contribution in [3.63, 3.8) is 0 Å². The molecule has 112 valence electrons. The first-order valence-electron chi connectivity index (χ1n) is 7.12. The van der Waals surface area contributed by atoms with E-state index in [0.717, 1.165) is 16.0 Å². The SMILES string of the molecule is Cc1cccc(S(=O)Cc2ccc(C(C)(C)C)cc2)c1N. The molecule has 2 N–H and O–H groups in total. The molecule has 2 aromatic carbocycles. The highest BCUT2D eigenvalue weighted by atomic mass is 32.2. The maximum absolute atomic E-state index is 12.5. The van der Waals surface area contributed by atoms with Crippen molar-refractivity contribution in [2.24, 2.45) is 0 Å². The smallest absolute Gasteiger partial charge is 0.0623 e. The lowest BCUT2D eigenvalue weighted by molar-refractivity contribution is 0.590. The Morgan fingerprint density at radius 3 is 2.24 bits per heavy atom. The number of rotatable bonds is 3. The van der Waals surface area contributed by atoms with Crippen LogP contribution in [0.15, 0.2) is 47.4 Å². The van der Waals surface area contributed by atoms with E-state index >= 15 is 0 Å². The quantitative estimate of drug-likeness (QED) is 0.864. The van der Waals surface area contributed by atoms with Gasteiger partial charge >= 0.3 is 0 Å². The van der Waals surface area contributed by atoms with Gasteiger partial charge in [0.25, 0.3) is 0 Å². The average molecular weight is 301 g/mol. The van der Waals surface area contributed by atoms with Gasteiger partial charge in [0, 0.05) is 0 Å². The number of para-hydroxylation sites is 1. The number of nitrogens with two attached hydrogens (primary N) is 1. The summed E-state index contributed by atoms with van der Waals surface area (Å²) in [5.41, 5.74) is 10.1. The van der Waals surface area contributed by atoms with Crippen LogP contribution in [0.4, 0.5) is 5.69 Å². The molecule has 0 heterocycles. The summed E-state index contributed by atoms with van der Waals surface area (Å²) in [7, 11) is -1.11. The van der Waals surface area contributed by atoms with Crippen LogP contribution in [-0.4, -0.2) is 4.21 Å². The summed E-state index contributed by atoms with van der Waals surface area (Å²) in [5, 5.41) is 0. The second kappa shape index (κ2) is 6.02. The molecule has 1 atom stereocenters. The minimum absolute atomic E-state index is 0.138. The molecule has 0 aliphatic heterocycles. The van der Waals surface area contributed by atoms with Crippen LogP contribution in [0.5, 0.6) is 0 Å². The Hall–Kier alpha value is -1.61. The molecule has 0 radical (unpaired) electrons. The summed E-state index contributed by atoms with van der Waals surface area (Å²) in [4.78, 5) is 0.731. The molecule has 0 aromatic heterocycles. The molecule has 1 unspecified atom stereocenters. The molecule has 0 aliphatic rings. The van der Waals surface area contributed by atoms with Crippen LogP contribution in [0.2, 0.25) is 0 Å². The molecule has 2 aromatic rings. The molecular weight excluding hydrogens is 278 g/mol. The Balaban J connectivity index is 2.18. The Morgan fingerprint density at radius 1 is 1.05 bits per heavy atom. The third-order valence-electron chi connectivity index (χ3n) is 3.65. The Bertz CT molecular complexity index is 654. The molecule has 0 aliphatic carbocycles. The summed E-state index contributed by atoms with van der Waals surface area (Å²) in [6, 6.07) is 14.0. The normalized spacial score (nSPS) is 13.1. The van der Waals surface area contributed by atoms with E-state index in [1.54, 1.807) is 0 Å². The molecule has 3 heteroatoms. The summed E-state index contributed by atoms with van der Waals surface area (Å²) < 4.78 is 12.5. The van der Waals surface area contributed by atoms with Crippen molar-refractivity contribution in [2.75, 3.05) is 5.73 Å². The van der Waals surface area contributed by atoms with Gasteiger partial charge in [-0.1, -0.05) is 57.2 Å². The lowest BCUT2D eigenvalue weighted by Gasteiger charge is -2.19. The van der Waals surface area contributed by atoms with Gasteiger partial charge in [-0.25, -0.2) is 0 Å². The lowest BCUT2D eigenvalue weighted by Crippen LogP contribution is -2.10. The molecule has 0 fully saturated rings. The predicted molar refractivity (Wildman–Crippen MR) is 90.8 cm³/mol. The minimum atomic E-state index is -1.11. The number of benzene rings is 2. The van der Waals surface area contributed by atoms with Gasteiger partial charge in [0.2, 0.25) is 0 Å². The molecule has 21 heavy (non-hydrogen) atoms. The van der Waals surface area contributed by atoms with Crippen LogP contribution in [0.1, 0.15) is 37.5 Å². The van der Waals surface area contributed by atoms with Crippen LogP contribution in [0.3, 0.4) is 0 Å². The lowest BCUT2D eigenvalue weighted by atomic mass is 9.87. The van der Waals surface area contributed by atoms with Crippen molar-refractivity contribution in [2.45, 2.75) is 43.8 Å². The van der Waals surface area contributed by atoms with Crippen LogP contribution < -0.4 is 5.73 Å². The Labute approximate surface area is 129 Å². The van der Waals surface area contributed by atoms with E-state index in [-0.39, 0.29) is 5.41 Å². The van der Waals surface area contributed by atoms with Gasteiger partial charge in [0.1, 0.15) is 0 Å². The number of anilines is 1. The van der Waals surface area contributed by atoms with Gasteiger partial charge in [-0.05, 0) is 35.1 Å². The third-order valence-corrected chi connectivity index (χ3v) is 5.09. The average Bonchev–Trinajstić information content (AvgIpc) is 2.41. The maximum atomic E-state index is 12.5. The zero-order chi connectivity index (χ0) is 15.6. The molecular formula is C18H23NOS. The standard InChI is InChI=1S/C18H23NOS/c1-13-6-5-7-16(17(13)19)21(20)12-14-8-10-15(11-9-14)18(2,3)4/h5-11H,12,19H2,1-4H3. The summed E-state index contributed by atoms with van der Waals surface area (Å²) in [6.45, 7) is 8.50. The largest absolute Gasteiger partial charge is 0.398 e. The zero-order valence-electron chi connectivity index (χ0n) is 13.1. The molecule has 0 amide bonds. The third kappa shape index (κ3) is 3.73. The fraction of sp³-hybridized carbons (Fsp3) is 0.333. The van der Waals surface area contributed by atoms with Crippen molar-refractivity contribution in [1.82, 2.24) is 0 Å². The highest BCUT2D eigenvalue weighted by Gasteiger charge is 2.14. The van der Waals surface area contributed by atoms with E-state index in [2.05, 4.69) is 45.0 Å². The second-order valence-corrected chi connectivity index (χ2v) is 7.84. The summed E-state index contributed by atoms with van der Waals surface area (Å²) >= 11 is 0. The molecule has 2 rings (SSSR count). The number of aryl methyl sites for hydroxylation is 1. The highest BCUT2D eigenvalue weighted by molar-refractivity contribution is 7.84. The van der Waals surface area contributed by atoms with Gasteiger partial charge < -0.3 is 5.73 Å². The highest BCUT2D eigenvalue weighted by Crippen LogP contribution is 2.25. The van der Waals surface area contributed by atoms with E-state index < -0.39 is 10.8 Å². The number of hydrogen-bond donors (Lipinski definition) is 1. The van der Waals surface area contributed by atoms with Gasteiger partial charge in [0.05, 0.1) is 27.1 Å². The predicted octanol–water partition coefficient (Wildman–Crippen LogP) is 4.18. The van der Waals surface area contributed by atoms with E-state index in [1.807, 2.05) is 25.1 Å². The van der Waals surface area contributed by atoms with E-state index in [0.29, 0.717) is 11.4 Å². The van der Waals surface area contributed by atoms with Crippen LogP contribution >= 0.6 is 0 Å². The fourth-order valence-electron chi connectivity index (χ4n) is 2.18. The van der Waals surface area contributed by atoms with Gasteiger partial charge in [-0.3, -0.25) is 4.21 Å². The second-order valence-electron chi connectivity index (χ2n) is 6.42. The first-order chi connectivity index (χ1) is 9.79. The molecule has 0 bridgehead atoms. The fourth-order valence-corrected chi connectivity index (χ4v) is 3.47. The maximum Gasteiger partial charge on any atom is 0.0623 e. The van der Waals surface area contributed by atoms with Crippen molar-refractivity contribution in [3.05, 3.63) is 59.2 Å². The Morgan fingerprint density at radius 2 is 1.67 bits per heavy atom. The molecule has 0 spiro atoms. The van der Waals surface area contributed by atoms with Crippen molar-refractivity contribution >= 4 is 16.5 Å². The van der Waals surface area contributed by atoms with Gasteiger partial charge in [0.15, 0.2) is 0 Å². The molecule has 2 nitrogen and oxygen atoms in total. The molecule has 0 saturated carbocycles.